The van der Waals surface area contributed by atoms with Gasteiger partial charge in [-0.3, -0.25) is 4.79 Å². The molecule has 1 aliphatic carbocycles. The fourth-order valence-corrected chi connectivity index (χ4v) is 1.98. The summed E-state index contributed by atoms with van der Waals surface area (Å²) in [4.78, 5) is 11.2. The van der Waals surface area contributed by atoms with E-state index < -0.39 is 5.38 Å². The third-order valence-electron chi connectivity index (χ3n) is 2.33. The Kier molecular flexibility index (Phi) is 3.86. The third kappa shape index (κ3) is 2.37. The summed E-state index contributed by atoms with van der Waals surface area (Å²) in [7, 11) is 0. The molecule has 1 atom stereocenters. The number of halogens is 1. The number of hydrogen-bond donors (Lipinski definition) is 0. The molecular weight excluding hydrogens is 176 g/mol. The summed E-state index contributed by atoms with van der Waals surface area (Å²) in [5.74, 6) is 0.108. The zero-order valence-electron chi connectivity index (χ0n) is 7.38. The van der Waals surface area contributed by atoms with Gasteiger partial charge in [0.2, 0.25) is 0 Å². The fraction of sp³-hybridized carbons (Fsp3) is 0.889. The van der Waals surface area contributed by atoms with Gasteiger partial charge in [0.05, 0.1) is 6.61 Å². The van der Waals surface area contributed by atoms with Gasteiger partial charge in [-0.25, -0.2) is 0 Å². The van der Waals surface area contributed by atoms with Gasteiger partial charge in [-0.15, -0.1) is 11.6 Å². The Bertz CT molecular complexity index is 153. The normalized spacial score (nSPS) is 20.8. The first kappa shape index (κ1) is 9.85. The highest BCUT2D eigenvalue weighted by Gasteiger charge is 2.29. The first-order valence-corrected chi connectivity index (χ1v) is 5.00. The minimum Gasteiger partial charge on any atom is -0.465 e. The maximum absolute atomic E-state index is 11.2. The van der Waals surface area contributed by atoms with Gasteiger partial charge < -0.3 is 4.74 Å². The predicted molar refractivity (Wildman–Crippen MR) is 48.2 cm³/mol. The molecule has 1 fully saturated rings. The molecule has 0 aliphatic heterocycles. The van der Waals surface area contributed by atoms with E-state index in [2.05, 4.69) is 0 Å². The van der Waals surface area contributed by atoms with Crippen molar-refractivity contribution in [3.05, 3.63) is 0 Å². The van der Waals surface area contributed by atoms with Crippen LogP contribution in [0, 0.1) is 5.92 Å². The number of esters is 1. The monoisotopic (exact) mass is 190 g/mol. The molecular formula is C9H15ClO2. The lowest BCUT2D eigenvalue weighted by atomic mass is 10.0. The molecule has 0 radical (unpaired) electrons. The molecule has 1 saturated carbocycles. The van der Waals surface area contributed by atoms with E-state index in [0.717, 1.165) is 12.8 Å². The van der Waals surface area contributed by atoms with Crippen molar-refractivity contribution in [3.63, 3.8) is 0 Å². The van der Waals surface area contributed by atoms with Crippen LogP contribution in [-0.2, 0) is 9.53 Å². The van der Waals surface area contributed by atoms with Crippen LogP contribution in [0.4, 0.5) is 0 Å². The Balaban J connectivity index is 2.34. The molecule has 12 heavy (non-hydrogen) atoms. The highest BCUT2D eigenvalue weighted by molar-refractivity contribution is 6.30. The van der Waals surface area contributed by atoms with E-state index >= 15 is 0 Å². The fourth-order valence-electron chi connectivity index (χ4n) is 1.66. The summed E-state index contributed by atoms with van der Waals surface area (Å²) in [5.41, 5.74) is 0. The number of carbonyl (C=O) groups is 1. The lowest BCUT2D eigenvalue weighted by Crippen LogP contribution is -2.24. The van der Waals surface area contributed by atoms with Crippen LogP contribution < -0.4 is 0 Å². The molecule has 0 bridgehead atoms. The topological polar surface area (TPSA) is 26.3 Å². The molecule has 3 heteroatoms. The van der Waals surface area contributed by atoms with Gasteiger partial charge in [-0.2, -0.15) is 0 Å². The van der Waals surface area contributed by atoms with E-state index in [1.54, 1.807) is 6.92 Å². The second kappa shape index (κ2) is 4.70. The van der Waals surface area contributed by atoms with Crippen LogP contribution >= 0.6 is 11.6 Å². The van der Waals surface area contributed by atoms with Crippen molar-refractivity contribution >= 4 is 17.6 Å². The standard InChI is InChI=1S/C9H15ClO2/c1-2-12-9(11)8(10)7-5-3-4-6-7/h7-8H,2-6H2,1H3. The van der Waals surface area contributed by atoms with Crippen LogP contribution in [0.5, 0.6) is 0 Å². The lowest BCUT2D eigenvalue weighted by Gasteiger charge is -2.14. The molecule has 0 N–H and O–H groups in total. The van der Waals surface area contributed by atoms with Crippen molar-refractivity contribution in [2.24, 2.45) is 5.92 Å². The summed E-state index contributed by atoms with van der Waals surface area (Å²) in [6.45, 7) is 2.23. The minimum absolute atomic E-state index is 0.244. The first-order valence-electron chi connectivity index (χ1n) is 4.56. The largest absolute Gasteiger partial charge is 0.465 e. The third-order valence-corrected chi connectivity index (χ3v) is 2.86. The average Bonchev–Trinajstić information content (AvgIpc) is 2.55. The molecule has 70 valence electrons. The van der Waals surface area contributed by atoms with Crippen molar-refractivity contribution in [2.45, 2.75) is 38.0 Å². The number of hydrogen-bond acceptors (Lipinski definition) is 2. The zero-order chi connectivity index (χ0) is 8.97. The maximum atomic E-state index is 11.2. The maximum Gasteiger partial charge on any atom is 0.324 e. The van der Waals surface area contributed by atoms with Crippen LogP contribution in [0.1, 0.15) is 32.6 Å². The number of carbonyl (C=O) groups excluding carboxylic acids is 1. The predicted octanol–water partition coefficient (Wildman–Crippen LogP) is 2.35. The van der Waals surface area contributed by atoms with Crippen molar-refractivity contribution < 1.29 is 9.53 Å². The van der Waals surface area contributed by atoms with E-state index in [1.165, 1.54) is 12.8 Å². The Labute approximate surface area is 78.2 Å². The second-order valence-electron chi connectivity index (χ2n) is 3.20. The Morgan fingerprint density at radius 1 is 1.58 bits per heavy atom. The number of ether oxygens (including phenoxy) is 1. The summed E-state index contributed by atoms with van der Waals surface area (Å²) in [6, 6.07) is 0. The Morgan fingerprint density at radius 2 is 2.17 bits per heavy atom. The SMILES string of the molecule is CCOC(=O)C(Cl)C1CCCC1. The molecule has 1 rings (SSSR count). The Morgan fingerprint density at radius 3 is 2.67 bits per heavy atom. The highest BCUT2D eigenvalue weighted by Crippen LogP contribution is 2.30. The molecule has 0 heterocycles. The van der Waals surface area contributed by atoms with Crippen molar-refractivity contribution in [3.8, 4) is 0 Å². The first-order chi connectivity index (χ1) is 5.75. The van der Waals surface area contributed by atoms with E-state index in [4.69, 9.17) is 16.3 Å². The summed E-state index contributed by atoms with van der Waals surface area (Å²) in [5, 5.41) is -0.410. The van der Waals surface area contributed by atoms with Crippen molar-refractivity contribution in [2.75, 3.05) is 6.61 Å². The minimum atomic E-state index is -0.410. The molecule has 0 saturated heterocycles. The van der Waals surface area contributed by atoms with E-state index in [0.29, 0.717) is 12.5 Å². The molecule has 0 aromatic heterocycles. The highest BCUT2D eigenvalue weighted by atomic mass is 35.5. The summed E-state index contributed by atoms with van der Waals surface area (Å²) in [6.07, 6.45) is 4.56. The lowest BCUT2D eigenvalue weighted by molar-refractivity contribution is -0.143. The quantitative estimate of drug-likeness (QED) is 0.505. The van der Waals surface area contributed by atoms with Gasteiger partial charge in [0, 0.05) is 0 Å². The van der Waals surface area contributed by atoms with Crippen LogP contribution in [0.3, 0.4) is 0 Å². The average molecular weight is 191 g/mol. The molecule has 0 amide bonds. The van der Waals surface area contributed by atoms with Gasteiger partial charge in [0.25, 0.3) is 0 Å². The van der Waals surface area contributed by atoms with Gasteiger partial charge >= 0.3 is 5.97 Å². The van der Waals surface area contributed by atoms with Gasteiger partial charge in [-0.1, -0.05) is 12.8 Å². The molecule has 1 unspecified atom stereocenters. The molecule has 0 aromatic carbocycles. The smallest absolute Gasteiger partial charge is 0.324 e. The zero-order valence-corrected chi connectivity index (χ0v) is 8.14. The van der Waals surface area contributed by atoms with E-state index in [9.17, 15) is 4.79 Å². The van der Waals surface area contributed by atoms with Crippen LogP contribution in [0.2, 0.25) is 0 Å². The molecule has 1 aliphatic rings. The summed E-state index contributed by atoms with van der Waals surface area (Å²) < 4.78 is 4.85. The summed E-state index contributed by atoms with van der Waals surface area (Å²) >= 11 is 5.94. The molecule has 2 nitrogen and oxygen atoms in total. The Hall–Kier alpha value is -0.240. The van der Waals surface area contributed by atoms with Crippen LogP contribution in [0.15, 0.2) is 0 Å². The van der Waals surface area contributed by atoms with Gasteiger partial charge in [0.1, 0.15) is 5.38 Å². The molecule has 0 spiro atoms. The number of alkyl halides is 1. The van der Waals surface area contributed by atoms with Crippen LogP contribution in [0.25, 0.3) is 0 Å². The van der Waals surface area contributed by atoms with Crippen molar-refractivity contribution in [1.29, 1.82) is 0 Å². The van der Waals surface area contributed by atoms with Gasteiger partial charge in [-0.05, 0) is 25.7 Å². The van der Waals surface area contributed by atoms with Crippen LogP contribution in [-0.4, -0.2) is 18.0 Å². The van der Waals surface area contributed by atoms with Crippen molar-refractivity contribution in [1.82, 2.24) is 0 Å². The number of rotatable bonds is 3. The van der Waals surface area contributed by atoms with Gasteiger partial charge in [0.15, 0.2) is 0 Å². The van der Waals surface area contributed by atoms with E-state index in [1.807, 2.05) is 0 Å². The van der Waals surface area contributed by atoms with E-state index in [-0.39, 0.29) is 5.97 Å². The second-order valence-corrected chi connectivity index (χ2v) is 3.67. The molecule has 0 aromatic rings.